The minimum Gasteiger partial charge on any atom is -0.486 e. The lowest BCUT2D eigenvalue weighted by Crippen LogP contribution is -2.36. The highest BCUT2D eigenvalue weighted by molar-refractivity contribution is 5.78. The molecule has 1 atom stereocenters. The van der Waals surface area contributed by atoms with Crippen LogP contribution in [0.5, 0.6) is 11.5 Å². The highest BCUT2D eigenvalue weighted by Crippen LogP contribution is 2.32. The summed E-state index contributed by atoms with van der Waals surface area (Å²) in [6, 6.07) is 5.75. The van der Waals surface area contributed by atoms with Gasteiger partial charge in [0.25, 0.3) is 0 Å². The second-order valence-corrected chi connectivity index (χ2v) is 5.39. The minimum atomic E-state index is -0.686. The number of benzene rings is 1. The Morgan fingerprint density at radius 3 is 2.81 bits per heavy atom. The third-order valence-electron chi connectivity index (χ3n) is 3.52. The number of hydrogen-bond donors (Lipinski definition) is 3. The molecule has 1 aromatic carbocycles. The number of hydrogen-bond acceptors (Lipinski definition) is 5. The zero-order chi connectivity index (χ0) is 14.7. The molecule has 1 aliphatic carbocycles. The Hall–Kier alpha value is -1.79. The van der Waals surface area contributed by atoms with Crippen molar-refractivity contribution < 1.29 is 19.4 Å². The number of fused-ring (bicyclic) bond motifs is 1. The van der Waals surface area contributed by atoms with Gasteiger partial charge in [-0.25, -0.2) is 0 Å². The fourth-order valence-corrected chi connectivity index (χ4v) is 2.21. The summed E-state index contributed by atoms with van der Waals surface area (Å²) >= 11 is 0. The molecular weight excluding hydrogens is 272 g/mol. The standard InChI is InChI=1S/C15H20N2O4/c18-12(8-16-9-15(19)17-11-2-3-11)10-1-4-13-14(7-10)21-6-5-20-13/h1,4,7,11-12,16,18H,2-3,5-6,8-9H2,(H,17,19). The highest BCUT2D eigenvalue weighted by atomic mass is 16.6. The van der Waals surface area contributed by atoms with E-state index in [1.165, 1.54) is 0 Å². The smallest absolute Gasteiger partial charge is 0.234 e. The molecular formula is C15H20N2O4. The van der Waals surface area contributed by atoms with Gasteiger partial charge in [-0.15, -0.1) is 0 Å². The summed E-state index contributed by atoms with van der Waals surface area (Å²) < 4.78 is 10.9. The lowest BCUT2D eigenvalue weighted by atomic mass is 10.1. The lowest BCUT2D eigenvalue weighted by molar-refractivity contribution is -0.120. The van der Waals surface area contributed by atoms with E-state index in [9.17, 15) is 9.90 Å². The van der Waals surface area contributed by atoms with E-state index in [2.05, 4.69) is 10.6 Å². The van der Waals surface area contributed by atoms with Crippen LogP contribution in [0.4, 0.5) is 0 Å². The van der Waals surface area contributed by atoms with Crippen LogP contribution < -0.4 is 20.1 Å². The first-order valence-electron chi connectivity index (χ1n) is 7.30. The van der Waals surface area contributed by atoms with Crippen LogP contribution in [0.2, 0.25) is 0 Å². The summed E-state index contributed by atoms with van der Waals surface area (Å²) in [5.41, 5.74) is 0.745. The van der Waals surface area contributed by atoms with Gasteiger partial charge in [0.1, 0.15) is 13.2 Å². The SMILES string of the molecule is O=C(CNCC(O)c1ccc2c(c1)OCCO2)NC1CC1. The molecule has 21 heavy (non-hydrogen) atoms. The second kappa shape index (κ2) is 6.32. The summed E-state index contributed by atoms with van der Waals surface area (Å²) in [5.74, 6) is 1.34. The Bertz CT molecular complexity index is 516. The number of aliphatic hydroxyl groups is 1. The minimum absolute atomic E-state index is 0.0214. The number of aliphatic hydroxyl groups excluding tert-OH is 1. The van der Waals surface area contributed by atoms with Crippen molar-refractivity contribution >= 4 is 5.91 Å². The van der Waals surface area contributed by atoms with Gasteiger partial charge in [-0.2, -0.15) is 0 Å². The molecule has 3 N–H and O–H groups in total. The fraction of sp³-hybridized carbons (Fsp3) is 0.533. The summed E-state index contributed by atoms with van der Waals surface area (Å²) in [4.78, 5) is 11.5. The van der Waals surface area contributed by atoms with Crippen LogP contribution in [0.25, 0.3) is 0 Å². The molecule has 114 valence electrons. The van der Waals surface area contributed by atoms with Crippen molar-refractivity contribution in [1.82, 2.24) is 10.6 Å². The first-order chi connectivity index (χ1) is 10.2. The van der Waals surface area contributed by atoms with Crippen LogP contribution in [-0.4, -0.2) is 43.4 Å². The molecule has 1 heterocycles. The molecule has 6 nitrogen and oxygen atoms in total. The molecule has 3 rings (SSSR count). The van der Waals surface area contributed by atoms with Crippen molar-refractivity contribution in [3.05, 3.63) is 23.8 Å². The van der Waals surface area contributed by atoms with E-state index in [0.717, 1.165) is 18.4 Å². The van der Waals surface area contributed by atoms with E-state index in [-0.39, 0.29) is 12.5 Å². The van der Waals surface area contributed by atoms with Crippen LogP contribution in [0.15, 0.2) is 18.2 Å². The Kier molecular flexibility index (Phi) is 4.26. The number of carbonyl (C=O) groups is 1. The van der Waals surface area contributed by atoms with Crippen molar-refractivity contribution in [3.63, 3.8) is 0 Å². The zero-order valence-electron chi connectivity index (χ0n) is 11.8. The highest BCUT2D eigenvalue weighted by Gasteiger charge is 2.23. The third kappa shape index (κ3) is 3.86. The van der Waals surface area contributed by atoms with Gasteiger partial charge in [0.2, 0.25) is 5.91 Å². The molecule has 1 aliphatic heterocycles. The van der Waals surface area contributed by atoms with Gasteiger partial charge in [-0.05, 0) is 30.5 Å². The number of rotatable bonds is 6. The van der Waals surface area contributed by atoms with Crippen LogP contribution in [0.3, 0.4) is 0 Å². The predicted octanol–water partition coefficient (Wildman–Crippen LogP) is 0.359. The number of ether oxygens (including phenoxy) is 2. The lowest BCUT2D eigenvalue weighted by Gasteiger charge is -2.20. The molecule has 0 saturated heterocycles. The van der Waals surface area contributed by atoms with E-state index in [4.69, 9.17) is 9.47 Å². The predicted molar refractivity (Wildman–Crippen MR) is 76.4 cm³/mol. The molecule has 1 amide bonds. The Labute approximate surface area is 123 Å². The molecule has 0 aromatic heterocycles. The van der Waals surface area contributed by atoms with Gasteiger partial charge < -0.3 is 25.2 Å². The number of amides is 1. The quantitative estimate of drug-likeness (QED) is 0.705. The molecule has 0 radical (unpaired) electrons. The maximum Gasteiger partial charge on any atom is 0.234 e. The molecule has 1 unspecified atom stereocenters. The number of carbonyl (C=O) groups excluding carboxylic acids is 1. The van der Waals surface area contributed by atoms with Crippen LogP contribution in [0, 0.1) is 0 Å². The van der Waals surface area contributed by atoms with E-state index in [0.29, 0.717) is 37.3 Å². The van der Waals surface area contributed by atoms with Crippen LogP contribution in [-0.2, 0) is 4.79 Å². The second-order valence-electron chi connectivity index (χ2n) is 5.39. The van der Waals surface area contributed by atoms with Gasteiger partial charge in [-0.3, -0.25) is 4.79 Å². The van der Waals surface area contributed by atoms with E-state index in [1.807, 2.05) is 6.07 Å². The normalized spacial score (nSPS) is 18.1. The van der Waals surface area contributed by atoms with Crippen LogP contribution in [0.1, 0.15) is 24.5 Å². The Balaban J connectivity index is 1.48. The molecule has 0 bridgehead atoms. The monoisotopic (exact) mass is 292 g/mol. The molecule has 0 spiro atoms. The number of nitrogens with one attached hydrogen (secondary N) is 2. The molecule has 6 heteroatoms. The van der Waals surface area contributed by atoms with Crippen molar-refractivity contribution in [3.8, 4) is 11.5 Å². The van der Waals surface area contributed by atoms with Crippen molar-refractivity contribution in [2.24, 2.45) is 0 Å². The van der Waals surface area contributed by atoms with E-state index < -0.39 is 6.10 Å². The van der Waals surface area contributed by atoms with Gasteiger partial charge >= 0.3 is 0 Å². The van der Waals surface area contributed by atoms with Gasteiger partial charge in [0, 0.05) is 12.6 Å². The molecule has 1 fully saturated rings. The van der Waals surface area contributed by atoms with E-state index in [1.54, 1.807) is 12.1 Å². The summed E-state index contributed by atoms with van der Waals surface area (Å²) in [7, 11) is 0. The third-order valence-corrected chi connectivity index (χ3v) is 3.52. The average molecular weight is 292 g/mol. The molecule has 2 aliphatic rings. The first-order valence-corrected chi connectivity index (χ1v) is 7.30. The van der Waals surface area contributed by atoms with Gasteiger partial charge in [0.15, 0.2) is 11.5 Å². The summed E-state index contributed by atoms with van der Waals surface area (Å²) in [6.07, 6.45) is 1.46. The van der Waals surface area contributed by atoms with Gasteiger partial charge in [0.05, 0.1) is 12.6 Å². The Morgan fingerprint density at radius 1 is 1.29 bits per heavy atom. The summed E-state index contributed by atoms with van der Waals surface area (Å²) in [5, 5.41) is 16.0. The Morgan fingerprint density at radius 2 is 2.05 bits per heavy atom. The van der Waals surface area contributed by atoms with Crippen LogP contribution >= 0.6 is 0 Å². The van der Waals surface area contributed by atoms with Crippen molar-refractivity contribution in [1.29, 1.82) is 0 Å². The first kappa shape index (κ1) is 14.2. The molecule has 1 saturated carbocycles. The fourth-order valence-electron chi connectivity index (χ4n) is 2.21. The molecule has 1 aromatic rings. The largest absolute Gasteiger partial charge is 0.486 e. The summed E-state index contributed by atoms with van der Waals surface area (Å²) in [6.45, 7) is 1.61. The van der Waals surface area contributed by atoms with Crippen molar-refractivity contribution in [2.45, 2.75) is 25.0 Å². The average Bonchev–Trinajstić information content (AvgIpc) is 3.30. The van der Waals surface area contributed by atoms with E-state index >= 15 is 0 Å². The maximum atomic E-state index is 11.5. The van der Waals surface area contributed by atoms with Gasteiger partial charge in [-0.1, -0.05) is 6.07 Å². The van der Waals surface area contributed by atoms with Crippen molar-refractivity contribution in [2.75, 3.05) is 26.3 Å². The maximum absolute atomic E-state index is 11.5. The zero-order valence-corrected chi connectivity index (χ0v) is 11.8. The topological polar surface area (TPSA) is 79.8 Å².